The number of anilines is 2. The number of benzene rings is 2. The van der Waals surface area contributed by atoms with Crippen LogP contribution in [0.1, 0.15) is 29.7 Å². The predicted octanol–water partition coefficient (Wildman–Crippen LogP) is 5.31. The first-order valence-corrected chi connectivity index (χ1v) is 7.98. The van der Waals surface area contributed by atoms with Crippen LogP contribution in [0.2, 0.25) is 0 Å². The Bertz CT molecular complexity index is 595. The standard InChI is InChI=1S/C18H23BrN2/c1-12-10-16(11-13(2)18(12)19)20-14(3)15-6-8-17(9-7-15)21(4)5/h6-11,14,20H,1-5H3. The molecule has 0 aliphatic rings. The van der Waals surface area contributed by atoms with Crippen LogP contribution in [-0.2, 0) is 0 Å². The summed E-state index contributed by atoms with van der Waals surface area (Å²) in [5.74, 6) is 0. The van der Waals surface area contributed by atoms with Crippen LogP contribution in [0.15, 0.2) is 40.9 Å². The Morgan fingerprint density at radius 1 is 1.00 bits per heavy atom. The van der Waals surface area contributed by atoms with Gasteiger partial charge < -0.3 is 10.2 Å². The summed E-state index contributed by atoms with van der Waals surface area (Å²) in [5.41, 5.74) is 6.19. The van der Waals surface area contributed by atoms with Crippen molar-refractivity contribution in [2.45, 2.75) is 26.8 Å². The lowest BCUT2D eigenvalue weighted by molar-refractivity contribution is 0.883. The maximum atomic E-state index is 3.61. The third-order valence-corrected chi connectivity index (χ3v) is 4.98. The largest absolute Gasteiger partial charge is 0.379 e. The Morgan fingerprint density at radius 3 is 2.00 bits per heavy atom. The normalized spacial score (nSPS) is 12.1. The highest BCUT2D eigenvalue weighted by Crippen LogP contribution is 2.28. The molecule has 0 amide bonds. The molecule has 0 radical (unpaired) electrons. The maximum Gasteiger partial charge on any atom is 0.0485 e. The van der Waals surface area contributed by atoms with Crippen LogP contribution in [0.25, 0.3) is 0 Å². The zero-order chi connectivity index (χ0) is 15.6. The van der Waals surface area contributed by atoms with Crippen LogP contribution in [0.4, 0.5) is 11.4 Å². The summed E-state index contributed by atoms with van der Waals surface area (Å²) in [6, 6.07) is 13.3. The average Bonchev–Trinajstić information content (AvgIpc) is 2.44. The molecule has 112 valence electrons. The minimum atomic E-state index is 0.279. The molecule has 0 aliphatic heterocycles. The second-order valence-electron chi connectivity index (χ2n) is 5.78. The molecule has 0 spiro atoms. The fourth-order valence-corrected chi connectivity index (χ4v) is 2.65. The smallest absolute Gasteiger partial charge is 0.0485 e. The summed E-state index contributed by atoms with van der Waals surface area (Å²) < 4.78 is 1.19. The van der Waals surface area contributed by atoms with Crippen LogP contribution in [0.3, 0.4) is 0 Å². The Balaban J connectivity index is 2.16. The molecule has 0 saturated heterocycles. The zero-order valence-corrected chi connectivity index (χ0v) is 15.0. The number of hydrogen-bond acceptors (Lipinski definition) is 2. The Kier molecular flexibility index (Phi) is 4.94. The van der Waals surface area contributed by atoms with Crippen LogP contribution in [0, 0.1) is 13.8 Å². The second-order valence-corrected chi connectivity index (χ2v) is 6.57. The van der Waals surface area contributed by atoms with Gasteiger partial charge in [0.05, 0.1) is 0 Å². The Hall–Kier alpha value is -1.48. The van der Waals surface area contributed by atoms with Crippen molar-refractivity contribution < 1.29 is 0 Å². The van der Waals surface area contributed by atoms with E-state index in [9.17, 15) is 0 Å². The first kappa shape index (κ1) is 15.9. The summed E-state index contributed by atoms with van der Waals surface area (Å²) in [7, 11) is 4.12. The van der Waals surface area contributed by atoms with Crippen molar-refractivity contribution in [1.82, 2.24) is 0 Å². The Morgan fingerprint density at radius 2 is 1.52 bits per heavy atom. The van der Waals surface area contributed by atoms with Gasteiger partial charge in [0, 0.05) is 36.0 Å². The molecule has 0 heterocycles. The van der Waals surface area contributed by atoms with Gasteiger partial charge in [-0.05, 0) is 61.7 Å². The highest BCUT2D eigenvalue weighted by Gasteiger charge is 2.08. The summed E-state index contributed by atoms with van der Waals surface area (Å²) >= 11 is 3.61. The van der Waals surface area contributed by atoms with Gasteiger partial charge in [-0.25, -0.2) is 0 Å². The first-order chi connectivity index (χ1) is 9.88. The lowest BCUT2D eigenvalue weighted by atomic mass is 10.1. The average molecular weight is 347 g/mol. The van der Waals surface area contributed by atoms with Gasteiger partial charge in [0.25, 0.3) is 0 Å². The minimum Gasteiger partial charge on any atom is -0.379 e. The van der Waals surface area contributed by atoms with Crippen molar-refractivity contribution in [3.63, 3.8) is 0 Å². The van der Waals surface area contributed by atoms with E-state index >= 15 is 0 Å². The van der Waals surface area contributed by atoms with Gasteiger partial charge in [0.1, 0.15) is 0 Å². The molecule has 0 bridgehead atoms. The van der Waals surface area contributed by atoms with Crippen molar-refractivity contribution >= 4 is 27.3 Å². The number of rotatable bonds is 4. The number of aryl methyl sites for hydroxylation is 2. The van der Waals surface area contributed by atoms with E-state index in [1.54, 1.807) is 0 Å². The molecule has 0 saturated carbocycles. The molecule has 2 aromatic rings. The maximum absolute atomic E-state index is 3.61. The molecule has 1 unspecified atom stereocenters. The molecule has 21 heavy (non-hydrogen) atoms. The number of nitrogens with zero attached hydrogens (tertiary/aromatic N) is 1. The first-order valence-electron chi connectivity index (χ1n) is 7.19. The van der Waals surface area contributed by atoms with Gasteiger partial charge in [0.15, 0.2) is 0 Å². The minimum absolute atomic E-state index is 0.279. The number of halogens is 1. The van der Waals surface area contributed by atoms with Gasteiger partial charge in [-0.2, -0.15) is 0 Å². The van der Waals surface area contributed by atoms with E-state index in [-0.39, 0.29) is 6.04 Å². The lowest BCUT2D eigenvalue weighted by Crippen LogP contribution is -2.10. The quantitative estimate of drug-likeness (QED) is 0.807. The van der Waals surface area contributed by atoms with Crippen LogP contribution in [0.5, 0.6) is 0 Å². The number of nitrogens with one attached hydrogen (secondary N) is 1. The van der Waals surface area contributed by atoms with Gasteiger partial charge in [-0.3, -0.25) is 0 Å². The fraction of sp³-hybridized carbons (Fsp3) is 0.333. The zero-order valence-electron chi connectivity index (χ0n) is 13.4. The molecule has 3 heteroatoms. The van der Waals surface area contributed by atoms with Crippen molar-refractivity contribution in [2.75, 3.05) is 24.3 Å². The molecule has 1 atom stereocenters. The molecule has 2 rings (SSSR count). The molecule has 2 nitrogen and oxygen atoms in total. The topological polar surface area (TPSA) is 15.3 Å². The van der Waals surface area contributed by atoms with E-state index in [4.69, 9.17) is 0 Å². The molecule has 0 fully saturated rings. The summed E-state index contributed by atoms with van der Waals surface area (Å²) in [6.07, 6.45) is 0. The van der Waals surface area contributed by atoms with Crippen molar-refractivity contribution in [1.29, 1.82) is 0 Å². The lowest BCUT2D eigenvalue weighted by Gasteiger charge is -2.19. The summed E-state index contributed by atoms with van der Waals surface area (Å²) in [6.45, 7) is 6.44. The van der Waals surface area contributed by atoms with Crippen LogP contribution in [-0.4, -0.2) is 14.1 Å². The SMILES string of the molecule is Cc1cc(NC(C)c2ccc(N(C)C)cc2)cc(C)c1Br. The van der Waals surface area contributed by atoms with Gasteiger partial charge in [-0.1, -0.05) is 28.1 Å². The van der Waals surface area contributed by atoms with Crippen LogP contribution >= 0.6 is 15.9 Å². The predicted molar refractivity (Wildman–Crippen MR) is 96.4 cm³/mol. The Labute approximate surface area is 136 Å². The molecule has 1 N–H and O–H groups in total. The third-order valence-electron chi connectivity index (χ3n) is 3.73. The van der Waals surface area contributed by atoms with Crippen molar-refractivity contribution in [3.05, 3.63) is 57.6 Å². The van der Waals surface area contributed by atoms with Crippen molar-refractivity contribution in [2.24, 2.45) is 0 Å². The fourth-order valence-electron chi connectivity index (χ4n) is 2.42. The van der Waals surface area contributed by atoms with E-state index < -0.39 is 0 Å². The molecular formula is C18H23BrN2. The highest BCUT2D eigenvalue weighted by molar-refractivity contribution is 9.10. The van der Waals surface area contributed by atoms with E-state index in [0.717, 1.165) is 5.69 Å². The summed E-state index contributed by atoms with van der Waals surface area (Å²) in [4.78, 5) is 2.11. The molecular weight excluding hydrogens is 324 g/mol. The molecule has 0 aliphatic carbocycles. The highest BCUT2D eigenvalue weighted by atomic mass is 79.9. The second kappa shape index (κ2) is 6.52. The van der Waals surface area contributed by atoms with E-state index in [1.165, 1.54) is 26.9 Å². The number of hydrogen-bond donors (Lipinski definition) is 1. The molecule has 0 aromatic heterocycles. The van der Waals surface area contributed by atoms with E-state index in [2.05, 4.69) is 97.4 Å². The van der Waals surface area contributed by atoms with Crippen molar-refractivity contribution in [3.8, 4) is 0 Å². The molecule has 2 aromatic carbocycles. The van der Waals surface area contributed by atoms with Gasteiger partial charge in [-0.15, -0.1) is 0 Å². The van der Waals surface area contributed by atoms with Gasteiger partial charge >= 0.3 is 0 Å². The van der Waals surface area contributed by atoms with E-state index in [1.807, 2.05) is 0 Å². The van der Waals surface area contributed by atoms with E-state index in [0.29, 0.717) is 0 Å². The monoisotopic (exact) mass is 346 g/mol. The van der Waals surface area contributed by atoms with Crippen LogP contribution < -0.4 is 10.2 Å². The third kappa shape index (κ3) is 3.79. The van der Waals surface area contributed by atoms with Gasteiger partial charge in [0.2, 0.25) is 0 Å². The summed E-state index contributed by atoms with van der Waals surface area (Å²) in [5, 5.41) is 3.58.